The zero-order valence-corrected chi connectivity index (χ0v) is 58.6. The maximum atomic E-state index is 13.3. The van der Waals surface area contributed by atoms with Gasteiger partial charge < -0.3 is 38.5 Å². The van der Waals surface area contributed by atoms with Crippen molar-refractivity contribution in [2.24, 2.45) is 23.7 Å². The molecule has 4 aromatic carbocycles. The van der Waals surface area contributed by atoms with Crippen LogP contribution in [0.3, 0.4) is 0 Å². The summed E-state index contributed by atoms with van der Waals surface area (Å²) in [6, 6.07) is 40.0. The second-order valence-corrected chi connectivity index (χ2v) is 29.1. The number of methoxy groups -OCH3 is 2. The molecule has 0 radical (unpaired) electrons. The highest BCUT2D eigenvalue weighted by molar-refractivity contribution is 7.99. The van der Waals surface area contributed by atoms with Crippen LogP contribution in [0.2, 0.25) is 0 Å². The molecule has 28 heteroatoms. The van der Waals surface area contributed by atoms with Crippen molar-refractivity contribution in [2.45, 2.75) is 106 Å². The number of aromatic amines is 3. The molecule has 4 aliphatic rings. The van der Waals surface area contributed by atoms with Gasteiger partial charge in [-0.2, -0.15) is 52.9 Å². The second-order valence-electron chi connectivity index (χ2n) is 25.3. The Balaban J connectivity index is 0.687. The van der Waals surface area contributed by atoms with E-state index in [9.17, 15) is 38.4 Å². The van der Waals surface area contributed by atoms with Gasteiger partial charge in [-0.25, -0.2) is 19.2 Å². The number of rotatable bonds is 31. The number of hydrogen-bond acceptors (Lipinski definition) is 20. The topological polar surface area (TPSA) is 293 Å². The molecule has 100 heavy (non-hydrogen) atoms. The number of carbonyl (C=O) groups is 1. The van der Waals surface area contributed by atoms with E-state index in [1.807, 2.05) is 72.8 Å². The summed E-state index contributed by atoms with van der Waals surface area (Å²) in [5.41, 5.74) is -1.63. The Kier molecular flexibility index (Phi) is 24.2. The van der Waals surface area contributed by atoms with Crippen molar-refractivity contribution < 1.29 is 38.0 Å². The standard InChI is InChI=1S/C72H81N9O15S4/c1-90-53-17-13-51(14-18-53)72(50-11-7-4-8-12-50,52-15-19-54(91-2)20-16-52)92-33-25-55-47(38-64(93-55)79-30-22-60(82)75-69(79)87)42-99-35-27-57-49(40-66(95-57)81-32-24-62(84)77-71(81)89)44-100-36-28-58-48(39-65(96-58)80-31-23-61(83)76-70(80)88)43-98-34-26-56-46(41-97)37-63(94-56)78-29-21-59(74-68(78)86)73-67(85)45-9-5-3-6-10-45/h3-24,29-32,46-49,55-58,63-66,97H,25-28,33-44H2,1-2H3,(H,75,82,87)(H,76,83,88)(H,77,84,89)(H,73,74,85,86)/t46-,47-,48-,49-,55-,56-,57-,58-,63-,64-,65-,66-/m1/s1. The molecule has 12 atom stereocenters. The average Bonchev–Trinajstić information content (AvgIpc) is 1.12. The molecular weight excluding hydrogens is 1360 g/mol. The summed E-state index contributed by atoms with van der Waals surface area (Å²) in [4.78, 5) is 114. The van der Waals surface area contributed by atoms with E-state index in [1.54, 1.807) is 86.0 Å². The van der Waals surface area contributed by atoms with E-state index >= 15 is 0 Å². The van der Waals surface area contributed by atoms with Gasteiger partial charge in [-0.3, -0.25) is 52.4 Å². The maximum absolute atomic E-state index is 13.3. The fraction of sp³-hybridized carbons (Fsp3) is 0.431. The first-order valence-corrected chi connectivity index (χ1v) is 37.6. The van der Waals surface area contributed by atoms with Crippen LogP contribution in [0.1, 0.15) is 103 Å². The lowest BCUT2D eigenvalue weighted by Crippen LogP contribution is -2.34. The van der Waals surface area contributed by atoms with Crippen LogP contribution in [0.25, 0.3) is 0 Å². The summed E-state index contributed by atoms with van der Waals surface area (Å²) in [6.07, 6.45) is 7.30. The third-order valence-corrected chi connectivity index (χ3v) is 23.1. The number of ether oxygens (including phenoxy) is 7. The number of carbonyl (C=O) groups excluding carboxylic acids is 1. The number of thioether (sulfide) groups is 3. The van der Waals surface area contributed by atoms with Crippen LogP contribution in [0.5, 0.6) is 11.5 Å². The summed E-state index contributed by atoms with van der Waals surface area (Å²) in [5, 5.41) is 2.69. The van der Waals surface area contributed by atoms with Crippen molar-refractivity contribution in [3.63, 3.8) is 0 Å². The Labute approximate surface area is 593 Å². The van der Waals surface area contributed by atoms with E-state index in [1.165, 1.54) is 55.1 Å². The largest absolute Gasteiger partial charge is 0.497 e. The maximum Gasteiger partial charge on any atom is 0.351 e. The first-order valence-electron chi connectivity index (χ1n) is 33.5. The van der Waals surface area contributed by atoms with Gasteiger partial charge >= 0.3 is 22.8 Å². The molecule has 8 heterocycles. The zero-order valence-electron chi connectivity index (χ0n) is 55.3. The van der Waals surface area contributed by atoms with Gasteiger partial charge in [0.25, 0.3) is 22.6 Å². The van der Waals surface area contributed by atoms with E-state index in [0.29, 0.717) is 91.4 Å². The van der Waals surface area contributed by atoms with Crippen LogP contribution in [-0.2, 0) is 29.3 Å². The quantitative estimate of drug-likeness (QED) is 0.0155. The van der Waals surface area contributed by atoms with Crippen LogP contribution in [-0.4, -0.2) is 130 Å². The number of thiol groups is 1. The molecule has 528 valence electrons. The minimum absolute atomic E-state index is 0.0237. The minimum Gasteiger partial charge on any atom is -0.497 e. The molecule has 24 nitrogen and oxygen atoms in total. The monoisotopic (exact) mass is 1440 g/mol. The smallest absolute Gasteiger partial charge is 0.351 e. The van der Waals surface area contributed by atoms with Crippen LogP contribution in [0.15, 0.2) is 192 Å². The minimum atomic E-state index is -1.07. The van der Waals surface area contributed by atoms with E-state index in [-0.39, 0.29) is 66.4 Å². The first kappa shape index (κ1) is 71.9. The van der Waals surface area contributed by atoms with Crippen molar-refractivity contribution in [2.75, 3.05) is 66.4 Å². The molecule has 4 N–H and O–H groups in total. The lowest BCUT2D eigenvalue weighted by molar-refractivity contribution is -0.0438. The fourth-order valence-corrected chi connectivity index (χ4v) is 18.0. The number of H-pyrrole nitrogens is 3. The van der Waals surface area contributed by atoms with Gasteiger partial charge in [-0.1, -0.05) is 72.8 Å². The second kappa shape index (κ2) is 33.7. The Morgan fingerprint density at radius 3 is 1.29 bits per heavy atom. The van der Waals surface area contributed by atoms with Gasteiger partial charge in [0.1, 0.15) is 47.8 Å². The van der Waals surface area contributed by atoms with Crippen molar-refractivity contribution in [1.82, 2.24) is 38.2 Å². The average molecular weight is 1440 g/mol. The number of hydrogen-bond donors (Lipinski definition) is 5. The van der Waals surface area contributed by atoms with Crippen molar-refractivity contribution in [3.05, 3.63) is 253 Å². The summed E-state index contributed by atoms with van der Waals surface area (Å²) in [5.74, 6) is 6.12. The number of amides is 1. The Hall–Kier alpha value is -7.93. The van der Waals surface area contributed by atoms with Gasteiger partial charge in [0, 0.05) is 48.5 Å². The zero-order chi connectivity index (χ0) is 69.7. The number of anilines is 1. The van der Waals surface area contributed by atoms with E-state index < -0.39 is 69.9 Å². The third kappa shape index (κ3) is 17.2. The highest BCUT2D eigenvalue weighted by Gasteiger charge is 2.43. The van der Waals surface area contributed by atoms with Gasteiger partial charge in [0.2, 0.25) is 0 Å². The predicted octanol–water partition coefficient (Wildman–Crippen LogP) is 8.48. The molecule has 4 aromatic heterocycles. The third-order valence-electron chi connectivity index (χ3n) is 19.1. The molecule has 0 bridgehead atoms. The van der Waals surface area contributed by atoms with Crippen LogP contribution in [0, 0.1) is 23.7 Å². The highest BCUT2D eigenvalue weighted by atomic mass is 32.2. The van der Waals surface area contributed by atoms with Gasteiger partial charge in [0.15, 0.2) is 0 Å². The predicted molar refractivity (Wildman–Crippen MR) is 387 cm³/mol. The molecule has 0 aliphatic carbocycles. The van der Waals surface area contributed by atoms with E-state index in [4.69, 9.17) is 33.2 Å². The van der Waals surface area contributed by atoms with Crippen LogP contribution in [0.4, 0.5) is 5.82 Å². The van der Waals surface area contributed by atoms with Gasteiger partial charge in [-0.05, 0) is 174 Å². The van der Waals surface area contributed by atoms with Crippen molar-refractivity contribution >= 4 is 59.6 Å². The van der Waals surface area contributed by atoms with Crippen LogP contribution < -0.4 is 54.2 Å². The summed E-state index contributed by atoms with van der Waals surface area (Å²) >= 11 is 9.97. The lowest BCUT2D eigenvalue weighted by Gasteiger charge is -2.36. The Bertz CT molecular complexity index is 4430. The van der Waals surface area contributed by atoms with Gasteiger partial charge in [0.05, 0.1) is 45.2 Å². The Morgan fingerprint density at radius 2 is 0.880 bits per heavy atom. The van der Waals surface area contributed by atoms with Gasteiger partial charge in [-0.15, -0.1) is 0 Å². The number of nitrogens with zero attached hydrogens (tertiary/aromatic N) is 5. The summed E-state index contributed by atoms with van der Waals surface area (Å²) < 4.78 is 51.0. The summed E-state index contributed by atoms with van der Waals surface area (Å²) in [7, 11) is 3.26. The highest BCUT2D eigenvalue weighted by Crippen LogP contribution is 2.45. The van der Waals surface area contributed by atoms with Crippen LogP contribution >= 0.6 is 47.9 Å². The molecule has 4 saturated heterocycles. The summed E-state index contributed by atoms with van der Waals surface area (Å²) in [6.45, 7) is 0.257. The molecule has 0 unspecified atom stereocenters. The number of nitrogens with one attached hydrogen (secondary N) is 4. The first-order chi connectivity index (χ1) is 48.7. The molecule has 0 spiro atoms. The molecular formula is C72H81N9O15S4. The molecule has 12 rings (SSSR count). The molecule has 4 fully saturated rings. The van der Waals surface area contributed by atoms with E-state index in [0.717, 1.165) is 33.9 Å². The lowest BCUT2D eigenvalue weighted by atomic mass is 9.80. The number of benzene rings is 4. The molecule has 0 saturated carbocycles. The normalized spacial score (nSPS) is 23.6. The van der Waals surface area contributed by atoms with Crippen molar-refractivity contribution in [3.8, 4) is 11.5 Å². The fourth-order valence-electron chi connectivity index (χ4n) is 13.9. The molecule has 1 amide bonds. The molecule has 8 aromatic rings. The SMILES string of the molecule is COc1ccc(C(OCC[C@H]2O[C@@H](n3ccc(=O)[nH]c3=O)C[C@@H]2CSCC[C@H]2O[C@@H](n3ccc(=O)[nH]c3=O)C[C@@H]2CSCC[C@H]2O[C@@H](n3ccc(=O)[nH]c3=O)C[C@@H]2CSCC[C@H]2O[C@@H](n3ccc(NC(=O)c4ccccc4)nc3=O)C[C@@H]2CS)(c2ccccc2)c2ccc(OC)cc2)cc1. The molecule has 4 aliphatic heterocycles. The van der Waals surface area contributed by atoms with Crippen molar-refractivity contribution in [1.29, 1.82) is 0 Å². The Morgan fingerprint density at radius 1 is 0.500 bits per heavy atom. The number of aromatic nitrogens is 8. The van der Waals surface area contributed by atoms with E-state index in [2.05, 4.69) is 50.0 Å².